The Labute approximate surface area is 246 Å². The van der Waals surface area contributed by atoms with Crippen LogP contribution >= 0.6 is 0 Å². The van der Waals surface area contributed by atoms with Crippen molar-refractivity contribution in [3.63, 3.8) is 0 Å². The molecule has 0 aliphatic heterocycles. The number of urea groups is 1. The van der Waals surface area contributed by atoms with Gasteiger partial charge in [0.1, 0.15) is 0 Å². The molecule has 0 spiro atoms. The number of nitrogens with one attached hydrogen (secondary N) is 2. The number of aromatic nitrogens is 2. The fourth-order valence-electron chi connectivity index (χ4n) is 9.54. The van der Waals surface area contributed by atoms with E-state index >= 15 is 0 Å². The molecular weight excluding hydrogens is 506 g/mol. The number of carbonyl (C=O) groups is 1. The fraction of sp³-hybridized carbons (Fsp3) is 0.629. The van der Waals surface area contributed by atoms with E-state index < -0.39 is 0 Å². The molecule has 2 N–H and O–H groups in total. The number of hydrogen-bond donors (Lipinski definition) is 2. The van der Waals surface area contributed by atoms with Gasteiger partial charge in [-0.1, -0.05) is 45.9 Å². The van der Waals surface area contributed by atoms with Crippen LogP contribution in [0.5, 0.6) is 0 Å². The molecule has 6 heteroatoms. The van der Waals surface area contributed by atoms with Crippen LogP contribution in [0.4, 0.5) is 4.79 Å². The minimum absolute atomic E-state index is 0.0306. The summed E-state index contributed by atoms with van der Waals surface area (Å²) in [4.78, 5) is 24.4. The minimum Gasteiger partial charge on any atom is -0.337 e. The van der Waals surface area contributed by atoms with Crippen molar-refractivity contribution in [2.45, 2.75) is 85.6 Å². The summed E-state index contributed by atoms with van der Waals surface area (Å²) in [5, 5.41) is 6.53. The lowest BCUT2D eigenvalue weighted by atomic mass is 9.34. The monoisotopic (exact) mass is 555 g/mol. The van der Waals surface area contributed by atoms with Gasteiger partial charge in [0.2, 0.25) is 0 Å². The number of likely N-dealkylation sites (N-methyl/N-ethyl adjacent to an activating group) is 1. The van der Waals surface area contributed by atoms with E-state index in [0.717, 1.165) is 43.3 Å². The van der Waals surface area contributed by atoms with Gasteiger partial charge >= 0.3 is 6.03 Å². The van der Waals surface area contributed by atoms with Crippen molar-refractivity contribution in [2.75, 3.05) is 27.2 Å². The average molecular weight is 556 g/mol. The van der Waals surface area contributed by atoms with E-state index in [0.29, 0.717) is 12.5 Å². The summed E-state index contributed by atoms with van der Waals surface area (Å²) in [7, 11) is 4.07. The van der Waals surface area contributed by atoms with E-state index in [9.17, 15) is 4.79 Å². The first-order valence-corrected chi connectivity index (χ1v) is 15.6. The molecule has 220 valence electrons. The zero-order valence-corrected chi connectivity index (χ0v) is 26.4. The van der Waals surface area contributed by atoms with Crippen LogP contribution in [0.15, 0.2) is 30.6 Å². The van der Waals surface area contributed by atoms with E-state index in [1.165, 1.54) is 35.1 Å². The Balaban J connectivity index is 1.36. The second-order valence-electron chi connectivity index (χ2n) is 15.1. The summed E-state index contributed by atoms with van der Waals surface area (Å²) in [5.74, 6) is 0.517. The summed E-state index contributed by atoms with van der Waals surface area (Å²) < 4.78 is 0. The quantitative estimate of drug-likeness (QED) is 0.427. The fourth-order valence-corrected chi connectivity index (χ4v) is 9.54. The third-order valence-electron chi connectivity index (χ3n) is 12.6. The minimum atomic E-state index is -0.206. The largest absolute Gasteiger partial charge is 0.337 e. The Kier molecular flexibility index (Phi) is 6.50. The molecule has 2 fully saturated rings. The van der Waals surface area contributed by atoms with E-state index in [1.54, 1.807) is 12.4 Å². The van der Waals surface area contributed by atoms with Gasteiger partial charge in [0.05, 0.1) is 11.0 Å². The Hall–Kier alpha value is -2.73. The van der Waals surface area contributed by atoms with Crippen LogP contribution in [0.2, 0.25) is 0 Å². The molecule has 0 saturated heterocycles. The van der Waals surface area contributed by atoms with Crippen molar-refractivity contribution in [2.24, 2.45) is 27.6 Å². The lowest BCUT2D eigenvalue weighted by Crippen LogP contribution is -2.65. The van der Waals surface area contributed by atoms with Gasteiger partial charge in [-0.05, 0) is 117 Å². The molecule has 6 nitrogen and oxygen atoms in total. The number of nitrogens with zero attached hydrogens (tertiary/aromatic N) is 3. The number of aryl methyl sites for hydroxylation is 1. The SMILES string of the molecule is Cc1c2c(cc3nccnc13)C1=CC[C@@]3(C)[C@@H]4C[C@](C)(NC(=O)NCCN(C)C)CC[C@]4(C)CC[C@]3(C)[C@]1(C)C=C2. The molecule has 0 radical (unpaired) electrons. The zero-order valence-electron chi connectivity index (χ0n) is 26.4. The molecule has 6 rings (SSSR count). The first-order chi connectivity index (χ1) is 19.3. The highest BCUT2D eigenvalue weighted by molar-refractivity contribution is 5.93. The summed E-state index contributed by atoms with van der Waals surface area (Å²) in [6.45, 7) is 16.2. The van der Waals surface area contributed by atoms with E-state index in [1.807, 2.05) is 14.1 Å². The Morgan fingerprint density at radius 2 is 1.78 bits per heavy atom. The zero-order chi connectivity index (χ0) is 29.4. The first kappa shape index (κ1) is 28.4. The molecule has 2 saturated carbocycles. The van der Waals surface area contributed by atoms with Crippen LogP contribution in [0.25, 0.3) is 22.7 Å². The van der Waals surface area contributed by atoms with Gasteiger partial charge in [-0.2, -0.15) is 0 Å². The number of fused-ring (bicyclic) bond motifs is 8. The Bertz CT molecular complexity index is 1460. The summed E-state index contributed by atoms with van der Waals surface area (Å²) in [6.07, 6.45) is 17.8. The average Bonchev–Trinajstić information content (AvgIpc) is 2.91. The van der Waals surface area contributed by atoms with Crippen molar-refractivity contribution in [1.82, 2.24) is 25.5 Å². The first-order valence-electron chi connectivity index (χ1n) is 15.6. The summed E-state index contributed by atoms with van der Waals surface area (Å²) in [6, 6.07) is 2.25. The van der Waals surface area contributed by atoms with E-state index in [4.69, 9.17) is 4.98 Å². The van der Waals surface area contributed by atoms with Crippen LogP contribution in [-0.4, -0.2) is 53.6 Å². The van der Waals surface area contributed by atoms with E-state index in [-0.39, 0.29) is 33.2 Å². The number of amides is 2. The Morgan fingerprint density at radius 1 is 1.05 bits per heavy atom. The van der Waals surface area contributed by atoms with E-state index in [2.05, 4.69) is 86.4 Å². The van der Waals surface area contributed by atoms with Crippen LogP contribution in [-0.2, 0) is 0 Å². The van der Waals surface area contributed by atoms with Crippen molar-refractivity contribution in [3.05, 3.63) is 47.3 Å². The molecule has 0 unspecified atom stereocenters. The topological polar surface area (TPSA) is 70.1 Å². The molecule has 2 amide bonds. The van der Waals surface area contributed by atoms with Gasteiger partial charge in [-0.25, -0.2) is 4.79 Å². The maximum Gasteiger partial charge on any atom is 0.315 e. The van der Waals surface area contributed by atoms with Gasteiger partial charge in [0.25, 0.3) is 0 Å². The van der Waals surface area contributed by atoms with Gasteiger partial charge < -0.3 is 15.5 Å². The second-order valence-corrected chi connectivity index (χ2v) is 15.1. The molecule has 4 aliphatic rings. The van der Waals surface area contributed by atoms with Crippen molar-refractivity contribution in [1.29, 1.82) is 0 Å². The summed E-state index contributed by atoms with van der Waals surface area (Å²) in [5.41, 5.74) is 7.49. The van der Waals surface area contributed by atoms with Crippen LogP contribution in [0.1, 0.15) is 89.8 Å². The molecular formula is C35H49N5O. The molecule has 4 aliphatic carbocycles. The van der Waals surface area contributed by atoms with Crippen molar-refractivity contribution < 1.29 is 4.79 Å². The third kappa shape index (κ3) is 4.11. The highest BCUT2D eigenvalue weighted by atomic mass is 16.2. The number of allylic oxidation sites excluding steroid dienone is 3. The van der Waals surface area contributed by atoms with Crippen molar-refractivity contribution >= 4 is 28.7 Å². The van der Waals surface area contributed by atoms with Crippen LogP contribution < -0.4 is 10.6 Å². The number of rotatable bonds is 4. The maximum atomic E-state index is 13.0. The maximum absolute atomic E-state index is 13.0. The number of hydrogen-bond acceptors (Lipinski definition) is 4. The predicted molar refractivity (Wildman–Crippen MR) is 168 cm³/mol. The second kappa shape index (κ2) is 9.39. The Morgan fingerprint density at radius 3 is 2.54 bits per heavy atom. The molecule has 1 aromatic carbocycles. The lowest BCUT2D eigenvalue weighted by Gasteiger charge is -2.70. The van der Waals surface area contributed by atoms with Gasteiger partial charge in [0.15, 0.2) is 0 Å². The number of carbonyl (C=O) groups excluding carboxylic acids is 1. The predicted octanol–water partition coefficient (Wildman–Crippen LogP) is 6.99. The smallest absolute Gasteiger partial charge is 0.315 e. The molecule has 1 heterocycles. The molecule has 0 bridgehead atoms. The molecule has 1 aromatic heterocycles. The highest BCUT2D eigenvalue weighted by Gasteiger charge is 2.67. The normalized spacial score (nSPS) is 37.5. The van der Waals surface area contributed by atoms with Gasteiger partial charge in [-0.15, -0.1) is 0 Å². The van der Waals surface area contributed by atoms with Crippen molar-refractivity contribution in [3.8, 4) is 0 Å². The third-order valence-corrected chi connectivity index (χ3v) is 12.6. The van der Waals surface area contributed by atoms with Gasteiger partial charge in [-0.3, -0.25) is 9.97 Å². The van der Waals surface area contributed by atoms with Gasteiger partial charge in [0, 0.05) is 36.4 Å². The standard InChI is InChI=1S/C35H49N5O/c1-23-24-9-11-33(4)26(25(24)21-27-29(23)37-18-17-36-27)10-12-34(5)28-22-32(3,39-30(41)38-19-20-40(7)8)15-13-31(28,2)14-16-35(33,34)6/h9-11,17-18,21,28H,12-16,19-20,22H2,1-8H3,(H2,38,39,41)/t28-,31-,32-,33-,34+,35-/m1/s1. The van der Waals surface area contributed by atoms with Crippen LogP contribution in [0.3, 0.4) is 0 Å². The lowest BCUT2D eigenvalue weighted by molar-refractivity contribution is -0.171. The molecule has 2 aromatic rings. The molecule has 41 heavy (non-hydrogen) atoms. The van der Waals surface area contributed by atoms with Crippen LogP contribution in [0, 0.1) is 34.5 Å². The number of benzene rings is 1. The highest BCUT2D eigenvalue weighted by Crippen LogP contribution is 2.75. The molecule has 6 atom stereocenters. The summed E-state index contributed by atoms with van der Waals surface area (Å²) >= 11 is 0.